The number of esters is 1. The Morgan fingerprint density at radius 2 is 1.86 bits per heavy atom. The maximum atomic E-state index is 10.2. The molecule has 6 nitrogen and oxygen atoms in total. The SMILES string of the molecule is C=CC(=O)OCC[CH2-].O=P(O)(O)O.[Na+]. The van der Waals surface area contributed by atoms with Crippen molar-refractivity contribution in [2.75, 3.05) is 6.61 Å². The second kappa shape index (κ2) is 11.4. The van der Waals surface area contributed by atoms with Gasteiger partial charge in [0, 0.05) is 6.08 Å². The van der Waals surface area contributed by atoms with Crippen LogP contribution in [0.1, 0.15) is 6.42 Å². The Bertz CT molecular complexity index is 192. The molecule has 0 aromatic carbocycles. The van der Waals surface area contributed by atoms with Gasteiger partial charge in [0.25, 0.3) is 0 Å². The normalized spacial score (nSPS) is 8.86. The third kappa shape index (κ3) is 39.5. The van der Waals surface area contributed by atoms with Crippen LogP contribution in [0.15, 0.2) is 12.7 Å². The van der Waals surface area contributed by atoms with Crippen LogP contribution in [0, 0.1) is 6.92 Å². The summed E-state index contributed by atoms with van der Waals surface area (Å²) in [5.41, 5.74) is 0. The van der Waals surface area contributed by atoms with E-state index in [1.165, 1.54) is 0 Å². The predicted molar refractivity (Wildman–Crippen MR) is 45.4 cm³/mol. The fourth-order valence-electron chi connectivity index (χ4n) is 0.232. The molecule has 0 rings (SSSR count). The van der Waals surface area contributed by atoms with Crippen molar-refractivity contribution in [2.24, 2.45) is 0 Å². The summed E-state index contributed by atoms with van der Waals surface area (Å²) in [6.07, 6.45) is 1.75. The number of carbonyl (C=O) groups is 1. The number of carbonyl (C=O) groups excluding carboxylic acids is 1. The summed E-state index contributed by atoms with van der Waals surface area (Å²) in [4.78, 5) is 31.8. The topological polar surface area (TPSA) is 104 Å². The molecule has 0 heterocycles. The van der Waals surface area contributed by atoms with E-state index in [0.717, 1.165) is 6.08 Å². The molecule has 0 saturated carbocycles. The molecule has 0 aromatic heterocycles. The van der Waals surface area contributed by atoms with E-state index >= 15 is 0 Å². The maximum Gasteiger partial charge on any atom is 1.00 e. The van der Waals surface area contributed by atoms with Crippen molar-refractivity contribution in [3.05, 3.63) is 19.6 Å². The minimum Gasteiger partial charge on any atom is -0.465 e. The zero-order valence-corrected chi connectivity index (χ0v) is 10.8. The van der Waals surface area contributed by atoms with Gasteiger partial charge in [-0.25, -0.2) is 9.36 Å². The Hall–Kier alpha value is 0.320. The summed E-state index contributed by atoms with van der Waals surface area (Å²) in [7, 11) is -4.64. The van der Waals surface area contributed by atoms with Crippen LogP contribution in [-0.4, -0.2) is 27.3 Å². The van der Waals surface area contributed by atoms with Gasteiger partial charge < -0.3 is 26.3 Å². The van der Waals surface area contributed by atoms with E-state index in [1.54, 1.807) is 0 Å². The molecule has 0 amide bonds. The van der Waals surface area contributed by atoms with Crippen molar-refractivity contribution in [1.82, 2.24) is 0 Å². The van der Waals surface area contributed by atoms with Crippen LogP contribution in [0.3, 0.4) is 0 Å². The van der Waals surface area contributed by atoms with Gasteiger partial charge in [-0.15, -0.1) is 6.42 Å². The maximum absolute atomic E-state index is 10.2. The van der Waals surface area contributed by atoms with E-state index in [2.05, 4.69) is 18.2 Å². The van der Waals surface area contributed by atoms with Crippen molar-refractivity contribution in [3.8, 4) is 0 Å². The van der Waals surface area contributed by atoms with E-state index < -0.39 is 7.82 Å². The van der Waals surface area contributed by atoms with E-state index in [-0.39, 0.29) is 35.5 Å². The average molecular weight is 234 g/mol. The third-order valence-corrected chi connectivity index (χ3v) is 0.555. The molecule has 0 aliphatic heterocycles. The number of hydrogen-bond acceptors (Lipinski definition) is 3. The second-order valence-electron chi connectivity index (χ2n) is 1.74. The Balaban J connectivity index is -0.000000177. The Morgan fingerprint density at radius 3 is 2.07 bits per heavy atom. The molecular formula is C6H12NaO6P. The summed E-state index contributed by atoms with van der Waals surface area (Å²) in [6, 6.07) is 0. The quantitative estimate of drug-likeness (QED) is 0.158. The molecule has 8 heteroatoms. The summed E-state index contributed by atoms with van der Waals surface area (Å²) in [5.74, 6) is -0.381. The van der Waals surface area contributed by atoms with Crippen molar-refractivity contribution in [3.63, 3.8) is 0 Å². The Morgan fingerprint density at radius 1 is 1.50 bits per heavy atom. The average Bonchev–Trinajstić information content (AvgIpc) is 1.97. The van der Waals surface area contributed by atoms with Crippen LogP contribution >= 0.6 is 7.82 Å². The molecule has 0 fully saturated rings. The van der Waals surface area contributed by atoms with Gasteiger partial charge in [0.15, 0.2) is 0 Å². The molecule has 0 unspecified atom stereocenters. The monoisotopic (exact) mass is 234 g/mol. The molecule has 14 heavy (non-hydrogen) atoms. The molecule has 0 aliphatic rings. The first-order valence-corrected chi connectivity index (χ1v) is 4.74. The van der Waals surface area contributed by atoms with Crippen LogP contribution in [0.5, 0.6) is 0 Å². The van der Waals surface area contributed by atoms with E-state index in [9.17, 15) is 4.79 Å². The van der Waals surface area contributed by atoms with Crippen molar-refractivity contribution in [1.29, 1.82) is 0 Å². The standard InChI is InChI=1S/C6H9O2.Na.H3O4P/c1-3-5-8-6(7)4-2;;1-5(2,3)4/h4H,1-3,5H2;;(H3,1,2,3,4)/q-1;+1;. The Kier molecular flexibility index (Phi) is 16.1. The van der Waals surface area contributed by atoms with Crippen LogP contribution < -0.4 is 29.6 Å². The molecule has 0 saturated heterocycles. The molecule has 0 radical (unpaired) electrons. The van der Waals surface area contributed by atoms with Crippen molar-refractivity contribution >= 4 is 13.8 Å². The Labute approximate surface area is 105 Å². The van der Waals surface area contributed by atoms with Crippen LogP contribution in [0.2, 0.25) is 0 Å². The minimum atomic E-state index is -4.64. The fraction of sp³-hybridized carbons (Fsp3) is 0.333. The van der Waals surface area contributed by atoms with Crippen LogP contribution in [-0.2, 0) is 14.1 Å². The number of hydrogen-bond donors (Lipinski definition) is 3. The van der Waals surface area contributed by atoms with Crippen molar-refractivity contribution in [2.45, 2.75) is 6.42 Å². The molecule has 0 bridgehead atoms. The molecule has 3 N–H and O–H groups in total. The minimum absolute atomic E-state index is 0. The van der Waals surface area contributed by atoms with Crippen LogP contribution in [0.25, 0.3) is 0 Å². The number of rotatable bonds is 3. The van der Waals surface area contributed by atoms with E-state index in [4.69, 9.17) is 19.2 Å². The first-order valence-electron chi connectivity index (χ1n) is 3.18. The summed E-state index contributed by atoms with van der Waals surface area (Å²) >= 11 is 0. The summed E-state index contributed by atoms with van der Waals surface area (Å²) in [6.45, 7) is 7.08. The molecule has 0 aromatic rings. The molecule has 78 valence electrons. The summed E-state index contributed by atoms with van der Waals surface area (Å²) in [5, 5.41) is 0. The molecule has 0 atom stereocenters. The zero-order valence-electron chi connectivity index (χ0n) is 7.92. The largest absolute Gasteiger partial charge is 1.00 e. The zero-order chi connectivity index (χ0) is 10.9. The third-order valence-electron chi connectivity index (χ3n) is 0.555. The van der Waals surface area contributed by atoms with E-state index in [1.807, 2.05) is 0 Å². The molecular weight excluding hydrogens is 222 g/mol. The predicted octanol–water partition coefficient (Wildman–Crippen LogP) is -2.98. The number of phosphoric acid groups is 1. The van der Waals surface area contributed by atoms with Gasteiger partial charge in [0.05, 0.1) is 6.61 Å². The smallest absolute Gasteiger partial charge is 0.465 e. The van der Waals surface area contributed by atoms with Crippen LogP contribution in [0.4, 0.5) is 0 Å². The van der Waals surface area contributed by atoms with Gasteiger partial charge in [-0.1, -0.05) is 6.58 Å². The first-order chi connectivity index (χ1) is 5.81. The summed E-state index contributed by atoms with van der Waals surface area (Å²) < 4.78 is 13.4. The first kappa shape index (κ1) is 19.8. The van der Waals surface area contributed by atoms with Gasteiger partial charge in [-0.3, -0.25) is 0 Å². The van der Waals surface area contributed by atoms with Gasteiger partial charge in [0.2, 0.25) is 0 Å². The van der Waals surface area contributed by atoms with Gasteiger partial charge in [0.1, 0.15) is 0 Å². The van der Waals surface area contributed by atoms with Crippen molar-refractivity contribution < 1.29 is 58.3 Å². The second-order valence-corrected chi connectivity index (χ2v) is 2.77. The van der Waals surface area contributed by atoms with E-state index in [0.29, 0.717) is 13.0 Å². The fourth-order valence-corrected chi connectivity index (χ4v) is 0.232. The van der Waals surface area contributed by atoms with Gasteiger partial charge in [-0.05, 0) is 0 Å². The molecule has 0 spiro atoms. The molecule has 0 aliphatic carbocycles. The van der Waals surface area contributed by atoms with Gasteiger partial charge >= 0.3 is 43.3 Å². The van der Waals surface area contributed by atoms with Gasteiger partial charge in [-0.2, -0.15) is 0 Å². The number of ether oxygens (including phenoxy) is 1.